The Morgan fingerprint density at radius 3 is 2.72 bits per heavy atom. The Bertz CT molecular complexity index is 488. The minimum absolute atomic E-state index is 0.249. The molecule has 1 atom stereocenters. The third-order valence-corrected chi connectivity index (χ3v) is 2.30. The predicted molar refractivity (Wildman–Crippen MR) is 68.2 cm³/mol. The van der Waals surface area contributed by atoms with E-state index in [-0.39, 0.29) is 12.0 Å². The van der Waals surface area contributed by atoms with Gasteiger partial charge in [0.25, 0.3) is 5.91 Å². The molecule has 0 aliphatic rings. The SMILES string of the molecule is C#CCC(C)OC(=O)c1cccc(C(=O)NC)c1. The summed E-state index contributed by atoms with van der Waals surface area (Å²) in [5.74, 6) is 1.69. The normalized spacial score (nSPS) is 11.2. The molecule has 1 rings (SSSR count). The van der Waals surface area contributed by atoms with Crippen LogP contribution in [-0.2, 0) is 4.74 Å². The topological polar surface area (TPSA) is 55.4 Å². The van der Waals surface area contributed by atoms with Crippen LogP contribution in [0.3, 0.4) is 0 Å². The molecule has 0 fully saturated rings. The van der Waals surface area contributed by atoms with Crippen LogP contribution in [0.15, 0.2) is 24.3 Å². The van der Waals surface area contributed by atoms with Gasteiger partial charge in [0.1, 0.15) is 6.10 Å². The summed E-state index contributed by atoms with van der Waals surface area (Å²) < 4.78 is 5.13. The Morgan fingerprint density at radius 2 is 2.11 bits per heavy atom. The molecular weight excluding hydrogens is 230 g/mol. The fourth-order valence-electron chi connectivity index (χ4n) is 1.39. The second kappa shape index (κ2) is 6.45. The minimum atomic E-state index is -0.483. The van der Waals surface area contributed by atoms with Gasteiger partial charge < -0.3 is 10.1 Å². The number of rotatable bonds is 4. The molecule has 18 heavy (non-hydrogen) atoms. The van der Waals surface area contributed by atoms with Gasteiger partial charge in [0.05, 0.1) is 5.56 Å². The fraction of sp³-hybridized carbons (Fsp3) is 0.286. The molecule has 1 aromatic rings. The van der Waals surface area contributed by atoms with Crippen molar-refractivity contribution in [3.05, 3.63) is 35.4 Å². The standard InChI is InChI=1S/C14H15NO3/c1-4-6-10(2)18-14(17)12-8-5-7-11(9-12)13(16)15-3/h1,5,7-10H,6H2,2-3H3,(H,15,16). The molecule has 4 nitrogen and oxygen atoms in total. The second-order valence-electron chi connectivity index (χ2n) is 3.78. The number of carbonyl (C=O) groups is 2. The van der Waals surface area contributed by atoms with Gasteiger partial charge in [-0.25, -0.2) is 4.79 Å². The first-order valence-electron chi connectivity index (χ1n) is 5.55. The summed E-state index contributed by atoms with van der Waals surface area (Å²) in [6.45, 7) is 1.72. The Balaban J connectivity index is 2.81. The number of hydrogen-bond donors (Lipinski definition) is 1. The molecule has 1 amide bonds. The number of ether oxygens (including phenoxy) is 1. The van der Waals surface area contributed by atoms with Crippen molar-refractivity contribution in [2.75, 3.05) is 7.05 Å². The van der Waals surface area contributed by atoms with Crippen LogP contribution in [-0.4, -0.2) is 25.0 Å². The molecule has 0 aromatic heterocycles. The molecule has 0 saturated heterocycles. The number of hydrogen-bond acceptors (Lipinski definition) is 3. The third kappa shape index (κ3) is 3.63. The fourth-order valence-corrected chi connectivity index (χ4v) is 1.39. The maximum Gasteiger partial charge on any atom is 0.338 e. The van der Waals surface area contributed by atoms with Gasteiger partial charge in [-0.2, -0.15) is 0 Å². The summed E-state index contributed by atoms with van der Waals surface area (Å²) >= 11 is 0. The van der Waals surface area contributed by atoms with E-state index in [2.05, 4.69) is 11.2 Å². The summed E-state index contributed by atoms with van der Waals surface area (Å²) in [6, 6.07) is 6.34. The first-order valence-corrected chi connectivity index (χ1v) is 5.55. The summed E-state index contributed by atoms with van der Waals surface area (Å²) in [4.78, 5) is 23.2. The number of terminal acetylenes is 1. The first kappa shape index (κ1) is 13.8. The van der Waals surface area contributed by atoms with Crippen LogP contribution >= 0.6 is 0 Å². The molecule has 0 radical (unpaired) electrons. The Kier molecular flexibility index (Phi) is 4.94. The van der Waals surface area contributed by atoms with Gasteiger partial charge in [-0.05, 0) is 25.1 Å². The third-order valence-electron chi connectivity index (χ3n) is 2.30. The van der Waals surface area contributed by atoms with E-state index in [1.165, 1.54) is 13.1 Å². The highest BCUT2D eigenvalue weighted by atomic mass is 16.5. The summed E-state index contributed by atoms with van der Waals surface area (Å²) in [5.41, 5.74) is 0.747. The maximum atomic E-state index is 11.8. The van der Waals surface area contributed by atoms with Crippen molar-refractivity contribution in [1.29, 1.82) is 0 Å². The molecule has 1 aromatic carbocycles. The summed E-state index contributed by atoms with van der Waals surface area (Å²) in [5, 5.41) is 2.49. The summed E-state index contributed by atoms with van der Waals surface area (Å²) in [6.07, 6.45) is 5.15. The highest BCUT2D eigenvalue weighted by Crippen LogP contribution is 2.09. The predicted octanol–water partition coefficient (Wildman–Crippen LogP) is 1.61. The lowest BCUT2D eigenvalue weighted by atomic mass is 10.1. The van der Waals surface area contributed by atoms with E-state index in [1.807, 2.05) is 0 Å². The molecule has 1 unspecified atom stereocenters. The zero-order valence-corrected chi connectivity index (χ0v) is 10.4. The largest absolute Gasteiger partial charge is 0.458 e. The highest BCUT2D eigenvalue weighted by molar-refractivity contribution is 5.97. The zero-order chi connectivity index (χ0) is 13.5. The van der Waals surface area contributed by atoms with E-state index in [0.717, 1.165) is 0 Å². The molecule has 94 valence electrons. The molecule has 0 bridgehead atoms. The van der Waals surface area contributed by atoms with E-state index >= 15 is 0 Å². The maximum absolute atomic E-state index is 11.8. The molecule has 1 N–H and O–H groups in total. The van der Waals surface area contributed by atoms with Gasteiger partial charge in [-0.15, -0.1) is 12.3 Å². The molecule has 0 aliphatic heterocycles. The Hall–Kier alpha value is -2.28. The lowest BCUT2D eigenvalue weighted by Crippen LogP contribution is -2.19. The second-order valence-corrected chi connectivity index (χ2v) is 3.78. The van der Waals surface area contributed by atoms with Crippen molar-refractivity contribution in [2.24, 2.45) is 0 Å². The van der Waals surface area contributed by atoms with Gasteiger partial charge >= 0.3 is 5.97 Å². The number of esters is 1. The average Bonchev–Trinajstić information content (AvgIpc) is 2.38. The van der Waals surface area contributed by atoms with Crippen LogP contribution < -0.4 is 5.32 Å². The number of amides is 1. The van der Waals surface area contributed by atoms with Gasteiger partial charge in [0, 0.05) is 19.0 Å². The van der Waals surface area contributed by atoms with Crippen molar-refractivity contribution in [2.45, 2.75) is 19.4 Å². The molecule has 4 heteroatoms. The van der Waals surface area contributed by atoms with E-state index < -0.39 is 5.97 Å². The van der Waals surface area contributed by atoms with E-state index in [9.17, 15) is 9.59 Å². The summed E-state index contributed by atoms with van der Waals surface area (Å²) in [7, 11) is 1.53. The van der Waals surface area contributed by atoms with Crippen molar-refractivity contribution < 1.29 is 14.3 Å². The van der Waals surface area contributed by atoms with Crippen molar-refractivity contribution >= 4 is 11.9 Å². The van der Waals surface area contributed by atoms with Gasteiger partial charge in [-0.3, -0.25) is 4.79 Å². The van der Waals surface area contributed by atoms with Crippen molar-refractivity contribution in [3.63, 3.8) is 0 Å². The first-order chi connectivity index (χ1) is 8.58. The van der Waals surface area contributed by atoms with E-state index in [0.29, 0.717) is 17.5 Å². The number of nitrogens with one attached hydrogen (secondary N) is 1. The monoisotopic (exact) mass is 245 g/mol. The van der Waals surface area contributed by atoms with Crippen LogP contribution in [0.1, 0.15) is 34.1 Å². The average molecular weight is 245 g/mol. The zero-order valence-electron chi connectivity index (χ0n) is 10.4. The smallest absolute Gasteiger partial charge is 0.338 e. The lowest BCUT2D eigenvalue weighted by molar-refractivity contribution is 0.0352. The number of carbonyl (C=O) groups excluding carboxylic acids is 2. The highest BCUT2D eigenvalue weighted by Gasteiger charge is 2.13. The van der Waals surface area contributed by atoms with Crippen molar-refractivity contribution in [3.8, 4) is 12.3 Å². The van der Waals surface area contributed by atoms with Crippen LogP contribution in [0.25, 0.3) is 0 Å². The van der Waals surface area contributed by atoms with Crippen molar-refractivity contribution in [1.82, 2.24) is 5.32 Å². The molecular formula is C14H15NO3. The van der Waals surface area contributed by atoms with E-state index in [1.54, 1.807) is 25.1 Å². The molecule has 0 spiro atoms. The van der Waals surface area contributed by atoms with Crippen LogP contribution in [0.5, 0.6) is 0 Å². The minimum Gasteiger partial charge on any atom is -0.458 e. The van der Waals surface area contributed by atoms with Crippen LogP contribution in [0.2, 0.25) is 0 Å². The van der Waals surface area contributed by atoms with Gasteiger partial charge in [0.2, 0.25) is 0 Å². The molecule has 0 saturated carbocycles. The quantitative estimate of drug-likeness (QED) is 0.647. The Morgan fingerprint density at radius 1 is 1.44 bits per heavy atom. The van der Waals surface area contributed by atoms with Crippen LogP contribution in [0, 0.1) is 12.3 Å². The molecule has 0 aliphatic carbocycles. The van der Waals surface area contributed by atoms with E-state index in [4.69, 9.17) is 11.2 Å². The Labute approximate surface area is 106 Å². The molecule has 0 heterocycles. The lowest BCUT2D eigenvalue weighted by Gasteiger charge is -2.10. The van der Waals surface area contributed by atoms with Gasteiger partial charge in [-0.1, -0.05) is 6.07 Å². The van der Waals surface area contributed by atoms with Gasteiger partial charge in [0.15, 0.2) is 0 Å². The van der Waals surface area contributed by atoms with Crippen LogP contribution in [0.4, 0.5) is 0 Å². The number of benzene rings is 1.